The summed E-state index contributed by atoms with van der Waals surface area (Å²) in [7, 11) is 0. The lowest BCUT2D eigenvalue weighted by molar-refractivity contribution is 0.602. The molecule has 2 heteroatoms. The minimum atomic E-state index is 0.00634. The molecule has 1 aliphatic rings. The van der Waals surface area contributed by atoms with Crippen LogP contribution in [0.4, 0.5) is 0 Å². The van der Waals surface area contributed by atoms with Crippen LogP contribution in [0.25, 0.3) is 32.5 Å². The lowest BCUT2D eigenvalue weighted by atomic mass is 9.86. The first-order valence-corrected chi connectivity index (χ1v) is 10.2. The van der Waals surface area contributed by atoms with Crippen molar-refractivity contribution in [1.29, 1.82) is 0 Å². The Morgan fingerprint density at radius 1 is 0.621 bits per heavy atom. The highest BCUT2D eigenvalue weighted by atomic mass is 16.3. The summed E-state index contributed by atoms with van der Waals surface area (Å²) >= 11 is 0. The molecule has 0 unspecified atom stereocenters. The molecular weight excluding hydrogens is 356 g/mol. The van der Waals surface area contributed by atoms with Crippen LogP contribution >= 0.6 is 0 Å². The van der Waals surface area contributed by atoms with Gasteiger partial charge in [0.2, 0.25) is 0 Å². The molecule has 0 atom stereocenters. The van der Waals surface area contributed by atoms with Crippen LogP contribution in [0.5, 0.6) is 0 Å². The van der Waals surface area contributed by atoms with Gasteiger partial charge in [-0.2, -0.15) is 0 Å². The fraction of sp³-hybridized carbons (Fsp3) is 0.148. The van der Waals surface area contributed by atoms with Gasteiger partial charge >= 0.3 is 0 Å². The molecule has 142 valence electrons. The maximum absolute atomic E-state index is 11.1. The van der Waals surface area contributed by atoms with E-state index < -0.39 is 0 Å². The van der Waals surface area contributed by atoms with E-state index in [1.54, 1.807) is 23.3 Å². The van der Waals surface area contributed by atoms with Crippen LogP contribution in [-0.4, -0.2) is 0 Å². The molecule has 0 radical (unpaired) electrons. The van der Waals surface area contributed by atoms with Crippen molar-refractivity contribution in [2.45, 2.75) is 25.7 Å². The predicted molar refractivity (Wildman–Crippen MR) is 121 cm³/mol. The molecule has 6 rings (SSSR count). The van der Waals surface area contributed by atoms with Gasteiger partial charge in [-0.05, 0) is 70.5 Å². The van der Waals surface area contributed by atoms with Crippen molar-refractivity contribution in [2.75, 3.05) is 0 Å². The van der Waals surface area contributed by atoms with E-state index in [4.69, 9.17) is 4.42 Å². The number of hydrogen-bond acceptors (Lipinski definition) is 2. The molecule has 1 aliphatic carbocycles. The summed E-state index contributed by atoms with van der Waals surface area (Å²) in [6, 6.07) is 26.6. The summed E-state index contributed by atoms with van der Waals surface area (Å²) in [6.45, 7) is 0. The highest BCUT2D eigenvalue weighted by molar-refractivity contribution is 6.08. The SMILES string of the molecule is O=c1ccoc2ccccc12.c1ccc2c(c1)ccc1c3c(ccc12)CCCC3. The van der Waals surface area contributed by atoms with Gasteiger partial charge in [-0.1, -0.05) is 60.7 Å². The molecule has 0 saturated carbocycles. The van der Waals surface area contributed by atoms with Crippen molar-refractivity contribution < 1.29 is 4.42 Å². The summed E-state index contributed by atoms with van der Waals surface area (Å²) in [6.07, 6.45) is 6.62. The molecular formula is C27H22O2. The van der Waals surface area contributed by atoms with Gasteiger partial charge in [-0.15, -0.1) is 0 Å². The molecule has 1 aromatic heterocycles. The molecule has 4 aromatic carbocycles. The number of rotatable bonds is 0. The van der Waals surface area contributed by atoms with E-state index in [-0.39, 0.29) is 5.43 Å². The molecule has 29 heavy (non-hydrogen) atoms. The van der Waals surface area contributed by atoms with Gasteiger partial charge in [0.1, 0.15) is 5.58 Å². The summed E-state index contributed by atoms with van der Waals surface area (Å²) < 4.78 is 5.09. The molecule has 0 amide bonds. The molecule has 0 spiro atoms. The zero-order valence-corrected chi connectivity index (χ0v) is 16.2. The average Bonchev–Trinajstić information content (AvgIpc) is 2.79. The summed E-state index contributed by atoms with van der Waals surface area (Å²) in [5.41, 5.74) is 3.82. The molecule has 0 fully saturated rings. The zero-order chi connectivity index (χ0) is 19.6. The monoisotopic (exact) mass is 378 g/mol. The second-order valence-electron chi connectivity index (χ2n) is 7.57. The third kappa shape index (κ3) is 3.31. The number of fused-ring (bicyclic) bond motifs is 6. The van der Waals surface area contributed by atoms with Crippen LogP contribution in [0.15, 0.2) is 94.3 Å². The average molecular weight is 378 g/mol. The van der Waals surface area contributed by atoms with E-state index in [0.29, 0.717) is 11.0 Å². The van der Waals surface area contributed by atoms with Gasteiger partial charge in [0.15, 0.2) is 5.43 Å². The molecule has 0 N–H and O–H groups in total. The third-order valence-corrected chi connectivity index (χ3v) is 5.82. The third-order valence-electron chi connectivity index (χ3n) is 5.82. The van der Waals surface area contributed by atoms with Gasteiger partial charge in [0.05, 0.1) is 11.6 Å². The Bertz CT molecular complexity index is 1370. The van der Waals surface area contributed by atoms with E-state index >= 15 is 0 Å². The fourth-order valence-electron chi connectivity index (χ4n) is 4.37. The molecule has 5 aromatic rings. The lowest BCUT2D eigenvalue weighted by Gasteiger charge is -2.18. The van der Waals surface area contributed by atoms with Crippen molar-refractivity contribution in [3.05, 3.63) is 106 Å². The van der Waals surface area contributed by atoms with Crippen LogP contribution in [0, 0.1) is 0 Å². The zero-order valence-electron chi connectivity index (χ0n) is 16.2. The number of hydrogen-bond donors (Lipinski definition) is 0. The predicted octanol–water partition coefficient (Wildman–Crippen LogP) is 6.66. The van der Waals surface area contributed by atoms with Crippen LogP contribution in [0.2, 0.25) is 0 Å². The summed E-state index contributed by atoms with van der Waals surface area (Å²) in [5, 5.41) is 6.28. The Morgan fingerprint density at radius 3 is 2.28 bits per heavy atom. The standard InChI is InChI=1S/C18H16.C9H6O2/c1-3-7-15-13(5-1)9-11-18-16-8-4-2-6-14(16)10-12-17(15)18;10-8-5-6-11-9-4-2-1-3-7(8)9/h1,3,5,7,9-12H,2,4,6,8H2;1-6H. The molecule has 0 bridgehead atoms. The Labute approximate surface area is 169 Å². The van der Waals surface area contributed by atoms with Crippen molar-refractivity contribution in [3.8, 4) is 0 Å². The van der Waals surface area contributed by atoms with Gasteiger partial charge in [0.25, 0.3) is 0 Å². The first-order valence-electron chi connectivity index (χ1n) is 10.2. The van der Waals surface area contributed by atoms with Crippen LogP contribution in [0.1, 0.15) is 24.0 Å². The minimum absolute atomic E-state index is 0.00634. The Morgan fingerprint density at radius 2 is 1.38 bits per heavy atom. The maximum atomic E-state index is 11.1. The molecule has 1 heterocycles. The second-order valence-corrected chi connectivity index (χ2v) is 7.57. The van der Waals surface area contributed by atoms with Gasteiger partial charge < -0.3 is 4.42 Å². The van der Waals surface area contributed by atoms with Gasteiger partial charge in [-0.25, -0.2) is 0 Å². The quantitative estimate of drug-likeness (QED) is 0.282. The molecule has 0 saturated heterocycles. The van der Waals surface area contributed by atoms with Crippen LogP contribution < -0.4 is 5.43 Å². The maximum Gasteiger partial charge on any atom is 0.192 e. The Balaban J connectivity index is 0.000000142. The normalized spacial score (nSPS) is 13.1. The van der Waals surface area contributed by atoms with E-state index in [1.807, 2.05) is 12.1 Å². The first-order chi connectivity index (χ1) is 14.3. The number of benzene rings is 4. The van der Waals surface area contributed by atoms with Gasteiger partial charge in [-0.3, -0.25) is 4.79 Å². The molecule has 2 nitrogen and oxygen atoms in total. The highest BCUT2D eigenvalue weighted by Gasteiger charge is 2.13. The summed E-state index contributed by atoms with van der Waals surface area (Å²) in [4.78, 5) is 11.1. The minimum Gasteiger partial charge on any atom is -0.464 e. The number of para-hydroxylation sites is 1. The first kappa shape index (κ1) is 17.7. The number of aryl methyl sites for hydroxylation is 2. The van der Waals surface area contributed by atoms with E-state index in [0.717, 1.165) is 0 Å². The summed E-state index contributed by atoms with van der Waals surface area (Å²) in [5.74, 6) is 0. The van der Waals surface area contributed by atoms with Crippen molar-refractivity contribution >= 4 is 32.5 Å². The van der Waals surface area contributed by atoms with E-state index in [2.05, 4.69) is 48.5 Å². The van der Waals surface area contributed by atoms with E-state index in [1.165, 1.54) is 59.6 Å². The lowest BCUT2D eigenvalue weighted by Crippen LogP contribution is -2.02. The van der Waals surface area contributed by atoms with Crippen LogP contribution in [-0.2, 0) is 12.8 Å². The van der Waals surface area contributed by atoms with Crippen molar-refractivity contribution in [1.82, 2.24) is 0 Å². The highest BCUT2D eigenvalue weighted by Crippen LogP contribution is 2.33. The second kappa shape index (κ2) is 7.56. The fourth-order valence-corrected chi connectivity index (χ4v) is 4.37. The Kier molecular flexibility index (Phi) is 4.61. The topological polar surface area (TPSA) is 30.2 Å². The molecule has 0 aliphatic heterocycles. The smallest absolute Gasteiger partial charge is 0.192 e. The van der Waals surface area contributed by atoms with Gasteiger partial charge in [0, 0.05) is 6.07 Å². The largest absolute Gasteiger partial charge is 0.464 e. The van der Waals surface area contributed by atoms with Crippen LogP contribution in [0.3, 0.4) is 0 Å². The van der Waals surface area contributed by atoms with Crippen molar-refractivity contribution in [2.24, 2.45) is 0 Å². The van der Waals surface area contributed by atoms with E-state index in [9.17, 15) is 4.79 Å². The Hall–Kier alpha value is -3.39. The van der Waals surface area contributed by atoms with Crippen molar-refractivity contribution in [3.63, 3.8) is 0 Å².